The van der Waals surface area contributed by atoms with Crippen LogP contribution in [0.4, 0.5) is 0 Å². The second kappa shape index (κ2) is 6.04. The summed E-state index contributed by atoms with van der Waals surface area (Å²) in [7, 11) is 0. The first kappa shape index (κ1) is 21.2. The highest BCUT2D eigenvalue weighted by molar-refractivity contribution is 5.66. The Labute approximate surface area is 171 Å². The lowest BCUT2D eigenvalue weighted by Crippen LogP contribution is -2.58. The van der Waals surface area contributed by atoms with Crippen LogP contribution in [-0.4, -0.2) is 67.1 Å². The van der Waals surface area contributed by atoms with Crippen molar-refractivity contribution in [3.8, 4) is 0 Å². The van der Waals surface area contributed by atoms with Crippen molar-refractivity contribution in [2.24, 2.45) is 28.6 Å². The second-order valence-corrected chi connectivity index (χ2v) is 10.8. The van der Waals surface area contributed by atoms with E-state index >= 15 is 0 Å². The van der Waals surface area contributed by atoms with Gasteiger partial charge in [0.25, 0.3) is 0 Å². The quantitative estimate of drug-likeness (QED) is 0.315. The van der Waals surface area contributed by atoms with Crippen molar-refractivity contribution in [2.45, 2.75) is 89.0 Å². The van der Waals surface area contributed by atoms with Gasteiger partial charge in [-0.25, -0.2) is 0 Å². The van der Waals surface area contributed by atoms with Crippen LogP contribution in [0.1, 0.15) is 53.4 Å². The van der Waals surface area contributed by atoms with E-state index in [1.165, 1.54) is 6.92 Å². The summed E-state index contributed by atoms with van der Waals surface area (Å²) in [6, 6.07) is 0. The van der Waals surface area contributed by atoms with Gasteiger partial charge in [-0.1, -0.05) is 26.0 Å². The van der Waals surface area contributed by atoms with Crippen LogP contribution in [0.15, 0.2) is 12.2 Å². The molecule has 0 aromatic carbocycles. The van der Waals surface area contributed by atoms with Gasteiger partial charge in [-0.2, -0.15) is 0 Å². The van der Waals surface area contributed by atoms with Crippen LogP contribution >= 0.6 is 0 Å². The molecule has 0 aromatic rings. The lowest BCUT2D eigenvalue weighted by molar-refractivity contribution is -0.198. The molecule has 7 heteroatoms. The van der Waals surface area contributed by atoms with Crippen molar-refractivity contribution in [3.63, 3.8) is 0 Å². The zero-order valence-electron chi connectivity index (χ0n) is 17.6. The number of ether oxygens (including phenoxy) is 1. The fourth-order valence-electron chi connectivity index (χ4n) is 7.64. The topological polar surface area (TPSA) is 127 Å². The van der Waals surface area contributed by atoms with Gasteiger partial charge in [-0.05, 0) is 38.5 Å². The van der Waals surface area contributed by atoms with Crippen LogP contribution in [0.25, 0.3) is 0 Å². The average Bonchev–Trinajstić information content (AvgIpc) is 2.76. The van der Waals surface area contributed by atoms with Crippen molar-refractivity contribution >= 4 is 5.97 Å². The molecule has 0 unspecified atom stereocenters. The molecule has 0 saturated heterocycles. The summed E-state index contributed by atoms with van der Waals surface area (Å²) in [5.74, 6) is -2.06. The van der Waals surface area contributed by atoms with Gasteiger partial charge in [0.1, 0.15) is 11.7 Å². The van der Waals surface area contributed by atoms with Crippen molar-refractivity contribution in [2.75, 3.05) is 0 Å². The van der Waals surface area contributed by atoms with E-state index in [2.05, 4.69) is 6.58 Å². The Morgan fingerprint density at radius 2 is 1.72 bits per heavy atom. The third-order valence-electron chi connectivity index (χ3n) is 9.04. The maximum absolute atomic E-state index is 12.0. The number of aliphatic hydroxyl groups is 5. The molecule has 164 valence electrons. The summed E-state index contributed by atoms with van der Waals surface area (Å²) in [6.45, 7) is 10.5. The van der Waals surface area contributed by atoms with Gasteiger partial charge in [0.15, 0.2) is 0 Å². The summed E-state index contributed by atoms with van der Waals surface area (Å²) in [6.07, 6.45) is -2.70. The maximum atomic E-state index is 12.0. The number of hydrogen-bond acceptors (Lipinski definition) is 7. The molecule has 1 spiro atoms. The van der Waals surface area contributed by atoms with Gasteiger partial charge in [0.05, 0.1) is 23.9 Å². The molecule has 7 nitrogen and oxygen atoms in total. The lowest BCUT2D eigenvalue weighted by atomic mass is 9.61. The van der Waals surface area contributed by atoms with E-state index < -0.39 is 58.3 Å². The van der Waals surface area contributed by atoms with E-state index in [0.717, 1.165) is 0 Å². The van der Waals surface area contributed by atoms with Gasteiger partial charge in [-0.15, -0.1) is 0 Å². The van der Waals surface area contributed by atoms with Crippen LogP contribution in [0, 0.1) is 28.6 Å². The standard InChI is InChI=1S/C22H34O7/c1-10-12-6-7-13-17(25)21(12,9-20(13,5)27)8-14(29-11(2)23)22(28)15(10)16(24)18(26)19(22,3)4/h12-18,24-28H,1,6-9H2,2-5H3/t12-,13-,14+,15+,16-,17-,18+,20+,21+,22-/m0/s1. The zero-order valence-corrected chi connectivity index (χ0v) is 17.6. The van der Waals surface area contributed by atoms with Crippen LogP contribution in [0.2, 0.25) is 0 Å². The minimum Gasteiger partial charge on any atom is -0.459 e. The van der Waals surface area contributed by atoms with E-state index in [9.17, 15) is 30.3 Å². The highest BCUT2D eigenvalue weighted by atomic mass is 16.6. The van der Waals surface area contributed by atoms with Crippen molar-refractivity contribution in [1.82, 2.24) is 0 Å². The smallest absolute Gasteiger partial charge is 0.303 e. The largest absolute Gasteiger partial charge is 0.459 e. The first-order chi connectivity index (χ1) is 13.2. The molecular weight excluding hydrogens is 376 g/mol. The van der Waals surface area contributed by atoms with Crippen molar-refractivity contribution < 1.29 is 35.1 Å². The van der Waals surface area contributed by atoms with E-state index in [-0.39, 0.29) is 18.3 Å². The monoisotopic (exact) mass is 410 g/mol. The maximum Gasteiger partial charge on any atom is 0.303 e. The molecular formula is C22H34O7. The Kier molecular flexibility index (Phi) is 4.42. The van der Waals surface area contributed by atoms with Gasteiger partial charge >= 0.3 is 5.97 Å². The zero-order chi connectivity index (χ0) is 21.7. The normalized spacial score (nSPS) is 55.8. The molecule has 0 amide bonds. The Morgan fingerprint density at radius 3 is 2.31 bits per heavy atom. The molecule has 0 aromatic heterocycles. The molecule has 2 bridgehead atoms. The van der Waals surface area contributed by atoms with E-state index in [1.807, 2.05) is 0 Å². The fourth-order valence-corrected chi connectivity index (χ4v) is 7.64. The summed E-state index contributed by atoms with van der Waals surface area (Å²) in [5.41, 5.74) is -4.27. The second-order valence-electron chi connectivity index (χ2n) is 10.8. The summed E-state index contributed by atoms with van der Waals surface area (Å²) < 4.78 is 5.63. The van der Waals surface area contributed by atoms with Gasteiger partial charge in [0.2, 0.25) is 0 Å². The van der Waals surface area contributed by atoms with Gasteiger partial charge in [-0.3, -0.25) is 4.79 Å². The molecule has 0 radical (unpaired) electrons. The number of rotatable bonds is 1. The number of esters is 1. The highest BCUT2D eigenvalue weighted by Gasteiger charge is 2.75. The predicted molar refractivity (Wildman–Crippen MR) is 103 cm³/mol. The van der Waals surface area contributed by atoms with Crippen LogP contribution in [0.5, 0.6) is 0 Å². The molecule has 4 saturated carbocycles. The number of hydrogen-bond donors (Lipinski definition) is 5. The third kappa shape index (κ3) is 2.39. The molecule has 10 atom stereocenters. The van der Waals surface area contributed by atoms with E-state index in [4.69, 9.17) is 4.74 Å². The van der Waals surface area contributed by atoms with E-state index in [0.29, 0.717) is 24.8 Å². The number of aliphatic hydroxyl groups excluding tert-OH is 3. The minimum atomic E-state index is -1.76. The summed E-state index contributed by atoms with van der Waals surface area (Å²) in [4.78, 5) is 12.0. The first-order valence-corrected chi connectivity index (χ1v) is 10.6. The van der Waals surface area contributed by atoms with Gasteiger partial charge < -0.3 is 30.3 Å². The molecule has 5 N–H and O–H groups in total. The summed E-state index contributed by atoms with van der Waals surface area (Å²) in [5, 5.41) is 56.0. The minimum absolute atomic E-state index is 0.139. The Hall–Kier alpha value is -0.990. The Bertz CT molecular complexity index is 745. The SMILES string of the molecule is C=C1[C@@H]2[C@H](O)[C@@H](O)C(C)(C)[C@]2(O)[C@H](OC(C)=O)C[C@@]23C[C@@](C)(O)[C@@H](CC[C@@H]12)[C@@H]3O. The van der Waals surface area contributed by atoms with Crippen LogP contribution < -0.4 is 0 Å². The number of carbonyl (C=O) groups excluding carboxylic acids is 1. The number of carbonyl (C=O) groups is 1. The van der Waals surface area contributed by atoms with Gasteiger partial charge in [0, 0.05) is 29.6 Å². The Morgan fingerprint density at radius 1 is 1.10 bits per heavy atom. The molecule has 4 fully saturated rings. The molecule has 0 heterocycles. The first-order valence-electron chi connectivity index (χ1n) is 10.6. The Balaban J connectivity index is 1.92. The number of fused-ring (bicyclic) bond motifs is 2. The van der Waals surface area contributed by atoms with E-state index in [1.54, 1.807) is 20.8 Å². The molecule has 0 aliphatic heterocycles. The molecule has 4 rings (SSSR count). The molecule has 4 aliphatic carbocycles. The fraction of sp³-hybridized carbons (Fsp3) is 0.864. The average molecular weight is 411 g/mol. The van der Waals surface area contributed by atoms with Crippen molar-refractivity contribution in [1.29, 1.82) is 0 Å². The summed E-state index contributed by atoms with van der Waals surface area (Å²) >= 11 is 0. The van der Waals surface area contributed by atoms with Crippen molar-refractivity contribution in [3.05, 3.63) is 12.2 Å². The highest BCUT2D eigenvalue weighted by Crippen LogP contribution is 2.69. The van der Waals surface area contributed by atoms with Crippen LogP contribution in [-0.2, 0) is 9.53 Å². The molecule has 29 heavy (non-hydrogen) atoms. The van der Waals surface area contributed by atoms with Crippen LogP contribution in [0.3, 0.4) is 0 Å². The predicted octanol–water partition coefficient (Wildman–Crippen LogP) is 0.515. The lowest BCUT2D eigenvalue weighted by Gasteiger charge is -2.47. The third-order valence-corrected chi connectivity index (χ3v) is 9.04. The molecule has 4 aliphatic rings.